The molecule has 1 heterocycles. The van der Waals surface area contributed by atoms with E-state index < -0.39 is 11.1 Å². The molecule has 3 rings (SSSR count). The Morgan fingerprint density at radius 3 is 2.76 bits per heavy atom. The van der Waals surface area contributed by atoms with Crippen molar-refractivity contribution in [2.45, 2.75) is 17.3 Å². The normalized spacial score (nSPS) is 12.0. The van der Waals surface area contributed by atoms with E-state index in [4.69, 9.17) is 11.6 Å². The lowest BCUT2D eigenvalue weighted by Gasteiger charge is -2.13. The minimum atomic E-state index is -0.406. The molecule has 128 valence electrons. The number of carbonyl (C=O) groups excluding carboxylic acids is 1. The number of anilines is 1. The monoisotopic (exact) mass is 375 g/mol. The van der Waals surface area contributed by atoms with Crippen LogP contribution in [0.25, 0.3) is 5.69 Å². The molecule has 0 bridgehead atoms. The number of halogens is 2. The number of imidazole rings is 1. The molecule has 4 nitrogen and oxygen atoms in total. The van der Waals surface area contributed by atoms with Gasteiger partial charge in [0.25, 0.3) is 0 Å². The maximum absolute atomic E-state index is 13.2. The average Bonchev–Trinajstić information content (AvgIpc) is 3.03. The van der Waals surface area contributed by atoms with Crippen molar-refractivity contribution < 1.29 is 9.18 Å². The van der Waals surface area contributed by atoms with Gasteiger partial charge < -0.3 is 5.32 Å². The van der Waals surface area contributed by atoms with Crippen molar-refractivity contribution in [3.05, 3.63) is 71.8 Å². The topological polar surface area (TPSA) is 46.9 Å². The second-order valence-corrected chi connectivity index (χ2v) is 7.06. The maximum Gasteiger partial charge on any atom is 0.237 e. The molecule has 0 unspecified atom stereocenters. The molecule has 0 saturated heterocycles. The average molecular weight is 376 g/mol. The third-order valence-corrected chi connectivity index (χ3v) is 4.79. The van der Waals surface area contributed by atoms with E-state index in [1.807, 2.05) is 22.9 Å². The second-order valence-electron chi connectivity index (χ2n) is 5.32. The highest BCUT2D eigenvalue weighted by atomic mass is 35.5. The van der Waals surface area contributed by atoms with Crippen LogP contribution in [-0.2, 0) is 4.79 Å². The number of nitrogens with one attached hydrogen (secondary N) is 1. The van der Waals surface area contributed by atoms with Crippen LogP contribution in [0.15, 0.2) is 66.1 Å². The highest BCUT2D eigenvalue weighted by Gasteiger charge is 2.18. The molecule has 0 aliphatic carbocycles. The summed E-state index contributed by atoms with van der Waals surface area (Å²) in [5, 5.41) is 3.64. The molecule has 0 spiro atoms. The summed E-state index contributed by atoms with van der Waals surface area (Å²) < 4.78 is 15.1. The number of nitrogens with zero attached hydrogens (tertiary/aromatic N) is 2. The number of hydrogen-bond donors (Lipinski definition) is 1. The number of thioether (sulfide) groups is 1. The Hall–Kier alpha value is -2.31. The summed E-state index contributed by atoms with van der Waals surface area (Å²) in [5.41, 5.74) is 1.33. The van der Waals surface area contributed by atoms with E-state index in [2.05, 4.69) is 10.3 Å². The van der Waals surface area contributed by atoms with E-state index in [1.54, 1.807) is 37.4 Å². The van der Waals surface area contributed by atoms with E-state index in [0.29, 0.717) is 15.9 Å². The molecular weight excluding hydrogens is 361 g/mol. The van der Waals surface area contributed by atoms with Gasteiger partial charge in [0.1, 0.15) is 5.82 Å². The number of rotatable bonds is 5. The number of amides is 1. The zero-order chi connectivity index (χ0) is 17.8. The van der Waals surface area contributed by atoms with Gasteiger partial charge in [0, 0.05) is 28.8 Å². The van der Waals surface area contributed by atoms with Gasteiger partial charge in [-0.3, -0.25) is 9.36 Å². The van der Waals surface area contributed by atoms with Crippen LogP contribution >= 0.6 is 23.4 Å². The standard InChI is InChI=1S/C18H15ClFN3OS/c1-12(17(24)22-15-4-2-3-14(20)11-15)25-18-21-9-10-23(18)16-7-5-13(19)6-8-16/h2-12H,1H3,(H,22,24)/t12-/m0/s1. The zero-order valence-electron chi connectivity index (χ0n) is 13.3. The lowest BCUT2D eigenvalue weighted by Crippen LogP contribution is -2.22. The van der Waals surface area contributed by atoms with Gasteiger partial charge in [-0.2, -0.15) is 0 Å². The molecule has 25 heavy (non-hydrogen) atoms. The predicted octanol–water partition coefficient (Wildman–Crippen LogP) is 4.78. The first kappa shape index (κ1) is 17.5. The molecule has 0 aliphatic rings. The fraction of sp³-hybridized carbons (Fsp3) is 0.111. The molecule has 0 saturated carbocycles. The van der Waals surface area contributed by atoms with E-state index in [1.165, 1.54) is 23.9 Å². The van der Waals surface area contributed by atoms with E-state index in [0.717, 1.165) is 5.69 Å². The molecule has 1 N–H and O–H groups in total. The van der Waals surface area contributed by atoms with Gasteiger partial charge in [-0.05, 0) is 49.4 Å². The van der Waals surface area contributed by atoms with Crippen molar-refractivity contribution in [2.24, 2.45) is 0 Å². The van der Waals surface area contributed by atoms with Gasteiger partial charge in [0.15, 0.2) is 5.16 Å². The van der Waals surface area contributed by atoms with Crippen LogP contribution in [0.3, 0.4) is 0 Å². The minimum Gasteiger partial charge on any atom is -0.325 e. The van der Waals surface area contributed by atoms with Gasteiger partial charge in [0.2, 0.25) is 5.91 Å². The predicted molar refractivity (Wildman–Crippen MR) is 98.9 cm³/mol. The molecule has 1 aromatic heterocycles. The minimum absolute atomic E-state index is 0.221. The van der Waals surface area contributed by atoms with Crippen LogP contribution in [-0.4, -0.2) is 20.7 Å². The maximum atomic E-state index is 13.2. The van der Waals surface area contributed by atoms with E-state index in [9.17, 15) is 9.18 Å². The first-order chi connectivity index (χ1) is 12.0. The summed E-state index contributed by atoms with van der Waals surface area (Å²) >= 11 is 7.24. The summed E-state index contributed by atoms with van der Waals surface area (Å²) in [6, 6.07) is 13.2. The van der Waals surface area contributed by atoms with Crippen LogP contribution in [0.4, 0.5) is 10.1 Å². The van der Waals surface area contributed by atoms with Crippen molar-refractivity contribution in [1.82, 2.24) is 9.55 Å². The summed E-state index contributed by atoms with van der Waals surface area (Å²) in [7, 11) is 0. The highest BCUT2D eigenvalue weighted by Crippen LogP contribution is 2.26. The lowest BCUT2D eigenvalue weighted by atomic mass is 10.3. The molecule has 7 heteroatoms. The largest absolute Gasteiger partial charge is 0.325 e. The Bertz CT molecular complexity index is 882. The molecule has 0 aliphatic heterocycles. The van der Waals surface area contributed by atoms with Crippen LogP contribution in [0, 0.1) is 5.82 Å². The van der Waals surface area contributed by atoms with Crippen molar-refractivity contribution >= 4 is 35.0 Å². The molecule has 0 radical (unpaired) electrons. The number of aromatic nitrogens is 2. The Morgan fingerprint density at radius 2 is 2.04 bits per heavy atom. The summed E-state index contributed by atoms with van der Waals surface area (Å²) in [4.78, 5) is 16.6. The SMILES string of the molecule is C[C@H](Sc1nccn1-c1ccc(Cl)cc1)C(=O)Nc1cccc(F)c1. The first-order valence-electron chi connectivity index (χ1n) is 7.55. The molecule has 0 fully saturated rings. The smallest absolute Gasteiger partial charge is 0.237 e. The number of benzene rings is 2. The molecule has 1 atom stereocenters. The highest BCUT2D eigenvalue weighted by molar-refractivity contribution is 8.00. The Balaban J connectivity index is 1.71. The second kappa shape index (κ2) is 7.72. The van der Waals surface area contributed by atoms with Crippen molar-refractivity contribution in [3.63, 3.8) is 0 Å². The first-order valence-corrected chi connectivity index (χ1v) is 8.81. The van der Waals surface area contributed by atoms with E-state index >= 15 is 0 Å². The van der Waals surface area contributed by atoms with E-state index in [-0.39, 0.29) is 5.91 Å². The zero-order valence-corrected chi connectivity index (χ0v) is 14.9. The Kier molecular flexibility index (Phi) is 5.40. The lowest BCUT2D eigenvalue weighted by molar-refractivity contribution is -0.115. The van der Waals surface area contributed by atoms with Gasteiger partial charge in [-0.15, -0.1) is 0 Å². The molecular formula is C18H15ClFN3OS. The quantitative estimate of drug-likeness (QED) is 0.652. The van der Waals surface area contributed by atoms with Gasteiger partial charge >= 0.3 is 0 Å². The van der Waals surface area contributed by atoms with Crippen molar-refractivity contribution in [2.75, 3.05) is 5.32 Å². The van der Waals surface area contributed by atoms with Crippen molar-refractivity contribution in [3.8, 4) is 5.69 Å². The summed E-state index contributed by atoms with van der Waals surface area (Å²) in [6.07, 6.45) is 3.50. The Labute approximate surface area is 154 Å². The number of carbonyl (C=O) groups is 1. The van der Waals surface area contributed by atoms with Gasteiger partial charge in [0.05, 0.1) is 5.25 Å². The Morgan fingerprint density at radius 1 is 1.28 bits per heavy atom. The third-order valence-electron chi connectivity index (χ3n) is 3.46. The van der Waals surface area contributed by atoms with Crippen LogP contribution in [0.5, 0.6) is 0 Å². The number of hydrogen-bond acceptors (Lipinski definition) is 3. The molecule has 3 aromatic rings. The molecule has 1 amide bonds. The van der Waals surface area contributed by atoms with Gasteiger partial charge in [-0.25, -0.2) is 9.37 Å². The fourth-order valence-electron chi connectivity index (χ4n) is 2.20. The third kappa shape index (κ3) is 4.41. The summed E-state index contributed by atoms with van der Waals surface area (Å²) in [5.74, 6) is -0.613. The van der Waals surface area contributed by atoms with Crippen LogP contribution in [0.2, 0.25) is 5.02 Å². The van der Waals surface area contributed by atoms with Gasteiger partial charge in [-0.1, -0.05) is 29.4 Å². The fourth-order valence-corrected chi connectivity index (χ4v) is 3.21. The summed E-state index contributed by atoms with van der Waals surface area (Å²) in [6.45, 7) is 1.78. The molecule has 2 aromatic carbocycles. The van der Waals surface area contributed by atoms with Crippen LogP contribution in [0.1, 0.15) is 6.92 Å². The van der Waals surface area contributed by atoms with Crippen LogP contribution < -0.4 is 5.32 Å². The van der Waals surface area contributed by atoms with Crippen molar-refractivity contribution in [1.29, 1.82) is 0 Å².